The molecule has 0 saturated carbocycles. The van der Waals surface area contributed by atoms with Gasteiger partial charge in [0.2, 0.25) is 0 Å². The van der Waals surface area contributed by atoms with Crippen molar-refractivity contribution in [2.24, 2.45) is 0 Å². The predicted octanol–water partition coefficient (Wildman–Crippen LogP) is 3.18. The van der Waals surface area contributed by atoms with Gasteiger partial charge in [-0.05, 0) is 13.3 Å². The van der Waals surface area contributed by atoms with Gasteiger partial charge in [-0.1, -0.05) is 43.5 Å². The summed E-state index contributed by atoms with van der Waals surface area (Å²) in [7, 11) is 1.83. The number of nitrogens with zero attached hydrogens (tertiary/aromatic N) is 2. The van der Waals surface area contributed by atoms with E-state index in [9.17, 15) is 0 Å². The molecule has 0 aromatic carbocycles. The maximum atomic E-state index is 6.09. The highest BCUT2D eigenvalue weighted by molar-refractivity contribution is 9.12. The van der Waals surface area contributed by atoms with Crippen LogP contribution in [0.2, 0.25) is 5.15 Å². The number of anilines is 1. The quantitative estimate of drug-likeness (QED) is 0.664. The molecule has 84 valence electrons. The maximum Gasteiger partial charge on any atom is 0.138 e. The molecule has 0 fully saturated rings. The van der Waals surface area contributed by atoms with Crippen LogP contribution in [-0.4, -0.2) is 27.2 Å². The number of alkyl halides is 2. The van der Waals surface area contributed by atoms with Crippen molar-refractivity contribution in [2.45, 2.75) is 18.2 Å². The minimum atomic E-state index is 0.327. The lowest BCUT2D eigenvalue weighted by Crippen LogP contribution is -2.10. The highest BCUT2D eigenvalue weighted by atomic mass is 79.9. The van der Waals surface area contributed by atoms with E-state index in [1.807, 2.05) is 14.0 Å². The fourth-order valence-corrected chi connectivity index (χ4v) is 2.07. The third kappa shape index (κ3) is 3.57. The molecule has 0 radical (unpaired) electrons. The molecule has 1 N–H and O–H groups in total. The van der Waals surface area contributed by atoms with Crippen molar-refractivity contribution in [3.05, 3.63) is 16.5 Å². The van der Waals surface area contributed by atoms with Crippen LogP contribution in [0.4, 0.5) is 5.82 Å². The van der Waals surface area contributed by atoms with Crippen LogP contribution in [0.5, 0.6) is 0 Å². The van der Waals surface area contributed by atoms with Crippen molar-refractivity contribution < 1.29 is 0 Å². The first-order valence-electron chi connectivity index (χ1n) is 4.49. The van der Waals surface area contributed by atoms with Crippen LogP contribution in [0, 0.1) is 6.92 Å². The smallest absolute Gasteiger partial charge is 0.138 e. The molecule has 6 heteroatoms. The second-order valence-electron chi connectivity index (χ2n) is 3.09. The molecule has 0 amide bonds. The van der Waals surface area contributed by atoms with Gasteiger partial charge in [-0.2, -0.15) is 0 Å². The summed E-state index contributed by atoms with van der Waals surface area (Å²) in [6.07, 6.45) is 0.792. The van der Waals surface area contributed by atoms with Crippen molar-refractivity contribution in [1.82, 2.24) is 9.97 Å². The highest BCUT2D eigenvalue weighted by Crippen LogP contribution is 2.24. The lowest BCUT2D eigenvalue weighted by atomic mass is 10.2. The van der Waals surface area contributed by atoms with Gasteiger partial charge in [0.15, 0.2) is 0 Å². The van der Waals surface area contributed by atoms with Gasteiger partial charge in [0.1, 0.15) is 16.8 Å². The molecule has 0 saturated heterocycles. The molecule has 1 aromatic rings. The Morgan fingerprint density at radius 2 is 2.13 bits per heavy atom. The van der Waals surface area contributed by atoms with Crippen molar-refractivity contribution in [3.8, 4) is 0 Å². The number of nitrogens with one attached hydrogen (secondary N) is 1. The van der Waals surface area contributed by atoms with Gasteiger partial charge in [0, 0.05) is 22.8 Å². The van der Waals surface area contributed by atoms with E-state index in [0.717, 1.165) is 23.1 Å². The molecule has 1 rings (SSSR count). The zero-order valence-electron chi connectivity index (χ0n) is 8.52. The van der Waals surface area contributed by atoms with Gasteiger partial charge >= 0.3 is 0 Å². The lowest BCUT2D eigenvalue weighted by molar-refractivity contribution is 0.930. The maximum absolute atomic E-state index is 6.09. The molecule has 0 spiro atoms. The van der Waals surface area contributed by atoms with Crippen LogP contribution < -0.4 is 5.32 Å². The SMILES string of the molecule is CNc1nc(C)nc(Cl)c1C[C@H](Br)CBr. The normalized spacial score (nSPS) is 12.6. The first kappa shape index (κ1) is 13.2. The summed E-state index contributed by atoms with van der Waals surface area (Å²) in [5.41, 5.74) is 0.950. The molecular weight excluding hydrogens is 345 g/mol. The van der Waals surface area contributed by atoms with Crippen LogP contribution in [0.1, 0.15) is 11.4 Å². The average Bonchev–Trinajstić information content (AvgIpc) is 2.21. The second kappa shape index (κ2) is 6.01. The van der Waals surface area contributed by atoms with Gasteiger partial charge in [-0.15, -0.1) is 0 Å². The number of rotatable bonds is 4. The number of hydrogen-bond acceptors (Lipinski definition) is 3. The Hall–Kier alpha value is 0.130. The zero-order chi connectivity index (χ0) is 11.4. The zero-order valence-corrected chi connectivity index (χ0v) is 12.4. The van der Waals surface area contributed by atoms with E-state index in [0.29, 0.717) is 15.8 Å². The van der Waals surface area contributed by atoms with Crippen molar-refractivity contribution in [1.29, 1.82) is 0 Å². The first-order chi connectivity index (χ1) is 7.08. The summed E-state index contributed by atoms with van der Waals surface area (Å²) in [4.78, 5) is 8.77. The van der Waals surface area contributed by atoms with E-state index in [1.54, 1.807) is 0 Å². The van der Waals surface area contributed by atoms with E-state index in [4.69, 9.17) is 11.6 Å². The molecule has 0 aliphatic heterocycles. The monoisotopic (exact) mass is 355 g/mol. The molecule has 15 heavy (non-hydrogen) atoms. The fourth-order valence-electron chi connectivity index (χ4n) is 1.23. The van der Waals surface area contributed by atoms with Gasteiger partial charge < -0.3 is 5.32 Å². The van der Waals surface area contributed by atoms with E-state index >= 15 is 0 Å². The fraction of sp³-hybridized carbons (Fsp3) is 0.556. The summed E-state index contributed by atoms with van der Waals surface area (Å²) in [6.45, 7) is 1.83. The van der Waals surface area contributed by atoms with Gasteiger partial charge in [-0.3, -0.25) is 0 Å². The number of aromatic nitrogens is 2. The minimum absolute atomic E-state index is 0.327. The van der Waals surface area contributed by atoms with Crippen LogP contribution in [-0.2, 0) is 6.42 Å². The summed E-state index contributed by atoms with van der Waals surface area (Å²) < 4.78 is 0. The number of halogens is 3. The van der Waals surface area contributed by atoms with Gasteiger partial charge in [-0.25, -0.2) is 9.97 Å². The first-order valence-corrected chi connectivity index (χ1v) is 6.90. The van der Waals surface area contributed by atoms with Crippen molar-refractivity contribution in [3.63, 3.8) is 0 Å². The highest BCUT2D eigenvalue weighted by Gasteiger charge is 2.14. The summed E-state index contributed by atoms with van der Waals surface area (Å²) in [5.74, 6) is 1.48. The van der Waals surface area contributed by atoms with Crippen molar-refractivity contribution in [2.75, 3.05) is 17.7 Å². The molecule has 1 aromatic heterocycles. The van der Waals surface area contributed by atoms with Gasteiger partial charge in [0.25, 0.3) is 0 Å². The Kier molecular flexibility index (Phi) is 5.29. The Morgan fingerprint density at radius 3 is 2.67 bits per heavy atom. The number of hydrogen-bond donors (Lipinski definition) is 1. The minimum Gasteiger partial charge on any atom is -0.373 e. The van der Waals surface area contributed by atoms with Gasteiger partial charge in [0.05, 0.1) is 0 Å². The molecule has 1 atom stereocenters. The van der Waals surface area contributed by atoms with Crippen LogP contribution in [0.15, 0.2) is 0 Å². The van der Waals surface area contributed by atoms with E-state index in [1.165, 1.54) is 0 Å². The van der Waals surface area contributed by atoms with E-state index in [2.05, 4.69) is 47.1 Å². The van der Waals surface area contributed by atoms with Crippen LogP contribution in [0.3, 0.4) is 0 Å². The largest absolute Gasteiger partial charge is 0.373 e. The van der Waals surface area contributed by atoms with E-state index in [-0.39, 0.29) is 0 Å². The Morgan fingerprint density at radius 1 is 1.47 bits per heavy atom. The predicted molar refractivity (Wildman–Crippen MR) is 71.5 cm³/mol. The van der Waals surface area contributed by atoms with E-state index < -0.39 is 0 Å². The molecule has 0 aliphatic carbocycles. The Balaban J connectivity index is 3.04. The number of aryl methyl sites for hydroxylation is 1. The van der Waals surface area contributed by atoms with Crippen LogP contribution in [0.25, 0.3) is 0 Å². The topological polar surface area (TPSA) is 37.8 Å². The molecule has 0 bridgehead atoms. The Labute approximate surface area is 111 Å². The molecule has 0 aliphatic rings. The Bertz CT molecular complexity index is 346. The second-order valence-corrected chi connectivity index (χ2v) is 5.39. The third-order valence-electron chi connectivity index (χ3n) is 1.90. The van der Waals surface area contributed by atoms with Crippen LogP contribution >= 0.6 is 43.5 Å². The van der Waals surface area contributed by atoms with Crippen molar-refractivity contribution >= 4 is 49.3 Å². The lowest BCUT2D eigenvalue weighted by Gasteiger charge is -2.12. The molecule has 3 nitrogen and oxygen atoms in total. The summed E-state index contributed by atoms with van der Waals surface area (Å²) in [6, 6.07) is 0. The summed E-state index contributed by atoms with van der Waals surface area (Å²) in [5, 5.41) is 4.42. The molecular formula is C9H12Br2ClN3. The third-order valence-corrected chi connectivity index (χ3v) is 4.51. The average molecular weight is 357 g/mol. The standard InChI is InChI=1S/C9H12Br2ClN3/c1-5-14-8(12)7(3-6(11)4-10)9(13-2)15-5/h6H,3-4H2,1-2H3,(H,13,14,15)/t6-/m0/s1. The molecule has 0 unspecified atom stereocenters. The molecule has 1 heterocycles. The summed E-state index contributed by atoms with van der Waals surface area (Å²) >= 11 is 13.0.